The predicted octanol–water partition coefficient (Wildman–Crippen LogP) is 2.16. The van der Waals surface area contributed by atoms with Crippen molar-refractivity contribution in [2.75, 3.05) is 0 Å². The maximum absolute atomic E-state index is 12.6. The second-order valence-electron chi connectivity index (χ2n) is 5.90. The molecule has 0 amide bonds. The SMILES string of the molecule is Cc1cc(C)c(S(=O)(=O)NC2CCCCC2N)c(C)c1. The van der Waals surface area contributed by atoms with Gasteiger partial charge < -0.3 is 5.73 Å². The van der Waals surface area contributed by atoms with E-state index in [1.165, 1.54) is 0 Å². The molecule has 2 rings (SSSR count). The summed E-state index contributed by atoms with van der Waals surface area (Å²) >= 11 is 0. The van der Waals surface area contributed by atoms with E-state index in [-0.39, 0.29) is 12.1 Å². The highest BCUT2D eigenvalue weighted by Gasteiger charge is 2.28. The van der Waals surface area contributed by atoms with Crippen LogP contribution in [0.25, 0.3) is 0 Å². The molecule has 2 unspecified atom stereocenters. The summed E-state index contributed by atoms with van der Waals surface area (Å²) in [5, 5.41) is 0. The van der Waals surface area contributed by atoms with Crippen molar-refractivity contribution in [3.63, 3.8) is 0 Å². The fraction of sp³-hybridized carbons (Fsp3) is 0.600. The summed E-state index contributed by atoms with van der Waals surface area (Å²) in [6.07, 6.45) is 3.83. The van der Waals surface area contributed by atoms with E-state index in [0.717, 1.165) is 42.4 Å². The molecule has 2 atom stereocenters. The van der Waals surface area contributed by atoms with E-state index < -0.39 is 10.0 Å². The monoisotopic (exact) mass is 296 g/mol. The van der Waals surface area contributed by atoms with E-state index in [0.29, 0.717) is 4.90 Å². The minimum absolute atomic E-state index is 0.0791. The Morgan fingerprint density at radius 2 is 1.65 bits per heavy atom. The normalized spacial score (nSPS) is 23.8. The van der Waals surface area contributed by atoms with Crippen LogP contribution in [-0.4, -0.2) is 20.5 Å². The van der Waals surface area contributed by atoms with Gasteiger partial charge in [-0.15, -0.1) is 0 Å². The molecule has 1 aromatic carbocycles. The molecule has 112 valence electrons. The lowest BCUT2D eigenvalue weighted by atomic mass is 9.92. The van der Waals surface area contributed by atoms with Crippen molar-refractivity contribution in [2.24, 2.45) is 5.73 Å². The van der Waals surface area contributed by atoms with Gasteiger partial charge in [-0.05, 0) is 44.7 Å². The smallest absolute Gasteiger partial charge is 0.241 e. The lowest BCUT2D eigenvalue weighted by Gasteiger charge is -2.29. The first-order chi connectivity index (χ1) is 9.31. The van der Waals surface area contributed by atoms with E-state index in [2.05, 4.69) is 4.72 Å². The summed E-state index contributed by atoms with van der Waals surface area (Å²) in [6.45, 7) is 5.66. The van der Waals surface area contributed by atoms with Crippen LogP contribution in [0.5, 0.6) is 0 Å². The number of nitrogens with two attached hydrogens (primary N) is 1. The van der Waals surface area contributed by atoms with Gasteiger partial charge >= 0.3 is 0 Å². The van der Waals surface area contributed by atoms with Gasteiger partial charge in [0.05, 0.1) is 4.90 Å². The first-order valence-corrected chi connectivity index (χ1v) is 8.65. The van der Waals surface area contributed by atoms with Crippen molar-refractivity contribution in [1.29, 1.82) is 0 Å². The van der Waals surface area contributed by atoms with Crippen molar-refractivity contribution in [1.82, 2.24) is 4.72 Å². The first kappa shape index (κ1) is 15.5. The molecule has 0 saturated heterocycles. The fourth-order valence-corrected chi connectivity index (χ4v) is 4.93. The Morgan fingerprint density at radius 3 is 2.20 bits per heavy atom. The van der Waals surface area contributed by atoms with Crippen molar-refractivity contribution in [3.05, 3.63) is 28.8 Å². The topological polar surface area (TPSA) is 72.2 Å². The summed E-state index contributed by atoms with van der Waals surface area (Å²) in [6, 6.07) is 3.59. The van der Waals surface area contributed by atoms with Crippen molar-refractivity contribution in [3.8, 4) is 0 Å². The molecule has 3 N–H and O–H groups in total. The number of hydrogen-bond acceptors (Lipinski definition) is 3. The minimum Gasteiger partial charge on any atom is -0.326 e. The van der Waals surface area contributed by atoms with Gasteiger partial charge in [0.2, 0.25) is 10.0 Å². The van der Waals surface area contributed by atoms with Crippen LogP contribution in [-0.2, 0) is 10.0 Å². The highest BCUT2D eigenvalue weighted by molar-refractivity contribution is 7.89. The van der Waals surface area contributed by atoms with Crippen LogP contribution in [0.4, 0.5) is 0 Å². The average molecular weight is 296 g/mol. The van der Waals surface area contributed by atoms with Gasteiger partial charge in [-0.2, -0.15) is 0 Å². The highest BCUT2D eigenvalue weighted by atomic mass is 32.2. The maximum atomic E-state index is 12.6. The van der Waals surface area contributed by atoms with E-state index in [9.17, 15) is 8.42 Å². The Bertz CT molecular complexity index is 573. The first-order valence-electron chi connectivity index (χ1n) is 7.17. The third-order valence-corrected chi connectivity index (χ3v) is 5.79. The highest BCUT2D eigenvalue weighted by Crippen LogP contribution is 2.24. The van der Waals surface area contributed by atoms with Gasteiger partial charge in [0, 0.05) is 12.1 Å². The molecule has 5 heteroatoms. The van der Waals surface area contributed by atoms with E-state index in [1.54, 1.807) is 0 Å². The number of hydrogen-bond donors (Lipinski definition) is 2. The van der Waals surface area contributed by atoms with Crippen LogP contribution in [0.2, 0.25) is 0 Å². The summed E-state index contributed by atoms with van der Waals surface area (Å²) < 4.78 is 28.1. The molecule has 0 heterocycles. The molecule has 0 aromatic heterocycles. The second kappa shape index (κ2) is 5.84. The molecule has 1 fully saturated rings. The van der Waals surface area contributed by atoms with E-state index >= 15 is 0 Å². The minimum atomic E-state index is -3.50. The van der Waals surface area contributed by atoms with Crippen molar-refractivity contribution >= 4 is 10.0 Å². The van der Waals surface area contributed by atoms with Crippen molar-refractivity contribution in [2.45, 2.75) is 63.4 Å². The van der Waals surface area contributed by atoms with Gasteiger partial charge in [0.1, 0.15) is 0 Å². The zero-order valence-corrected chi connectivity index (χ0v) is 13.3. The summed E-state index contributed by atoms with van der Waals surface area (Å²) in [5.74, 6) is 0. The van der Waals surface area contributed by atoms with E-state index in [4.69, 9.17) is 5.73 Å². The Hall–Kier alpha value is -0.910. The van der Waals surface area contributed by atoms with Crippen LogP contribution in [0.3, 0.4) is 0 Å². The quantitative estimate of drug-likeness (QED) is 0.898. The van der Waals surface area contributed by atoms with E-state index in [1.807, 2.05) is 32.9 Å². The molecule has 1 saturated carbocycles. The Balaban J connectivity index is 2.31. The molecule has 4 nitrogen and oxygen atoms in total. The van der Waals surface area contributed by atoms with Gasteiger partial charge in [-0.25, -0.2) is 13.1 Å². The summed E-state index contributed by atoms with van der Waals surface area (Å²) in [5.41, 5.74) is 8.70. The van der Waals surface area contributed by atoms with Crippen LogP contribution in [0, 0.1) is 20.8 Å². The Kier molecular flexibility index (Phi) is 4.52. The molecular weight excluding hydrogens is 272 g/mol. The molecule has 1 aliphatic carbocycles. The molecule has 1 aromatic rings. The zero-order valence-electron chi connectivity index (χ0n) is 12.4. The van der Waals surface area contributed by atoms with Gasteiger partial charge in [0.15, 0.2) is 0 Å². The van der Waals surface area contributed by atoms with Crippen LogP contribution in [0.1, 0.15) is 42.4 Å². The predicted molar refractivity (Wildman–Crippen MR) is 81.2 cm³/mol. The Morgan fingerprint density at radius 1 is 1.10 bits per heavy atom. The van der Waals surface area contributed by atoms with Crippen LogP contribution >= 0.6 is 0 Å². The second-order valence-corrected chi connectivity index (χ2v) is 7.55. The third-order valence-electron chi connectivity index (χ3n) is 4.00. The number of sulfonamides is 1. The zero-order chi connectivity index (χ0) is 14.9. The molecule has 0 aliphatic heterocycles. The molecule has 0 spiro atoms. The largest absolute Gasteiger partial charge is 0.326 e. The lowest BCUT2D eigenvalue weighted by Crippen LogP contribution is -2.49. The summed E-state index contributed by atoms with van der Waals surface area (Å²) in [4.78, 5) is 0.404. The third kappa shape index (κ3) is 3.22. The van der Waals surface area contributed by atoms with Crippen LogP contribution < -0.4 is 10.5 Å². The van der Waals surface area contributed by atoms with Crippen molar-refractivity contribution < 1.29 is 8.42 Å². The average Bonchev–Trinajstić information content (AvgIpc) is 2.30. The molecule has 1 aliphatic rings. The summed E-state index contributed by atoms with van der Waals surface area (Å²) in [7, 11) is -3.50. The molecular formula is C15H24N2O2S. The van der Waals surface area contributed by atoms with Gasteiger partial charge in [-0.3, -0.25) is 0 Å². The molecule has 0 bridgehead atoms. The molecule has 0 radical (unpaired) electrons. The number of nitrogens with one attached hydrogen (secondary N) is 1. The van der Waals surface area contributed by atoms with Gasteiger partial charge in [0.25, 0.3) is 0 Å². The standard InChI is InChI=1S/C15H24N2O2S/c1-10-8-11(2)15(12(3)9-10)20(18,19)17-14-7-5-4-6-13(14)16/h8-9,13-14,17H,4-7,16H2,1-3H3. The van der Waals surface area contributed by atoms with Gasteiger partial charge in [-0.1, -0.05) is 30.5 Å². The lowest BCUT2D eigenvalue weighted by molar-refractivity contribution is 0.361. The van der Waals surface area contributed by atoms with Crippen LogP contribution in [0.15, 0.2) is 17.0 Å². The maximum Gasteiger partial charge on any atom is 0.241 e. The molecule has 20 heavy (non-hydrogen) atoms. The number of benzene rings is 1. The number of aryl methyl sites for hydroxylation is 3. The fourth-order valence-electron chi connectivity index (χ4n) is 3.15. The number of rotatable bonds is 3. The Labute approximate surface area is 121 Å².